The molecule has 1 aliphatic heterocycles. The van der Waals surface area contributed by atoms with E-state index in [9.17, 15) is 22.8 Å². The number of fused-ring (bicyclic) bond motifs is 1. The third-order valence-electron chi connectivity index (χ3n) is 5.81. The van der Waals surface area contributed by atoms with E-state index in [1.165, 1.54) is 16.8 Å². The van der Waals surface area contributed by atoms with Crippen LogP contribution in [0.4, 0.5) is 18.9 Å². The second kappa shape index (κ2) is 8.66. The van der Waals surface area contributed by atoms with Gasteiger partial charge in [0, 0.05) is 42.7 Å². The molecule has 0 spiro atoms. The molecule has 4 rings (SSSR count). The van der Waals surface area contributed by atoms with Crippen molar-refractivity contribution in [1.82, 2.24) is 19.5 Å². The Morgan fingerprint density at radius 3 is 2.65 bits per heavy atom. The van der Waals surface area contributed by atoms with Crippen LogP contribution < -0.4 is 11.1 Å². The summed E-state index contributed by atoms with van der Waals surface area (Å²) in [6.07, 6.45) is -0.716. The Labute approximate surface area is 192 Å². The summed E-state index contributed by atoms with van der Waals surface area (Å²) in [5, 5.41) is 16.3. The highest BCUT2D eigenvalue weighted by atomic mass is 19.4. The first-order valence-corrected chi connectivity index (χ1v) is 10.3. The largest absolute Gasteiger partial charge is 0.433 e. The van der Waals surface area contributed by atoms with Crippen LogP contribution in [0.2, 0.25) is 0 Å². The molecule has 3 N–H and O–H groups in total. The topological polar surface area (TPSA) is 129 Å². The minimum Gasteiger partial charge on any atom is -0.378 e. The smallest absolute Gasteiger partial charge is 0.378 e. The van der Waals surface area contributed by atoms with Crippen molar-refractivity contribution in [3.63, 3.8) is 0 Å². The lowest BCUT2D eigenvalue weighted by Crippen LogP contribution is -2.32. The van der Waals surface area contributed by atoms with Crippen molar-refractivity contribution in [3.05, 3.63) is 48.0 Å². The van der Waals surface area contributed by atoms with Crippen LogP contribution in [-0.2, 0) is 11.0 Å². The second-order valence-corrected chi connectivity index (χ2v) is 8.15. The Hall–Kier alpha value is -4.14. The molecule has 1 aliphatic rings. The van der Waals surface area contributed by atoms with Gasteiger partial charge in [-0.1, -0.05) is 13.0 Å². The number of likely N-dealkylation sites (tertiary alicyclic amines) is 1. The van der Waals surface area contributed by atoms with Crippen LogP contribution in [0.5, 0.6) is 0 Å². The summed E-state index contributed by atoms with van der Waals surface area (Å²) in [6, 6.07) is 5.50. The fourth-order valence-corrected chi connectivity index (χ4v) is 4.01. The van der Waals surface area contributed by atoms with E-state index in [1.807, 2.05) is 13.0 Å². The predicted molar refractivity (Wildman–Crippen MR) is 115 cm³/mol. The molecule has 3 aromatic heterocycles. The fourth-order valence-electron chi connectivity index (χ4n) is 4.01. The van der Waals surface area contributed by atoms with Crippen LogP contribution >= 0.6 is 0 Å². The molecule has 1 saturated heterocycles. The first-order chi connectivity index (χ1) is 16.1. The number of pyridine rings is 1. The Morgan fingerprint density at radius 1 is 1.26 bits per heavy atom. The van der Waals surface area contributed by atoms with Crippen LogP contribution in [-0.4, -0.2) is 50.4 Å². The van der Waals surface area contributed by atoms with E-state index in [1.54, 1.807) is 17.2 Å². The van der Waals surface area contributed by atoms with Crippen molar-refractivity contribution >= 4 is 23.0 Å². The average molecular weight is 471 g/mol. The molecule has 3 aromatic rings. The summed E-state index contributed by atoms with van der Waals surface area (Å²) in [7, 11) is 0. The molecular formula is C22H20F3N7O2. The summed E-state index contributed by atoms with van der Waals surface area (Å²) in [5.41, 5.74) is 6.57. The van der Waals surface area contributed by atoms with E-state index in [0.717, 1.165) is 12.3 Å². The lowest BCUT2D eigenvalue weighted by atomic mass is 10.1. The minimum absolute atomic E-state index is 0.0186. The van der Waals surface area contributed by atoms with Gasteiger partial charge in [0.25, 0.3) is 5.91 Å². The van der Waals surface area contributed by atoms with E-state index in [4.69, 9.17) is 11.0 Å². The number of halogens is 3. The molecule has 0 bridgehead atoms. The molecule has 9 nitrogen and oxygen atoms in total. The highest BCUT2D eigenvalue weighted by Crippen LogP contribution is 2.32. The summed E-state index contributed by atoms with van der Waals surface area (Å²) in [6.45, 7) is 2.73. The third kappa shape index (κ3) is 4.36. The number of nitriles is 1. The molecule has 1 fully saturated rings. The van der Waals surface area contributed by atoms with Crippen molar-refractivity contribution in [2.75, 3.05) is 18.4 Å². The molecule has 12 heteroatoms. The van der Waals surface area contributed by atoms with E-state index >= 15 is 0 Å². The zero-order valence-electron chi connectivity index (χ0n) is 18.0. The molecule has 34 heavy (non-hydrogen) atoms. The van der Waals surface area contributed by atoms with Crippen molar-refractivity contribution in [2.45, 2.75) is 25.6 Å². The minimum atomic E-state index is -4.54. The van der Waals surface area contributed by atoms with Gasteiger partial charge in [0.05, 0.1) is 29.0 Å². The van der Waals surface area contributed by atoms with Crippen molar-refractivity contribution in [2.24, 2.45) is 11.7 Å². The van der Waals surface area contributed by atoms with E-state index in [2.05, 4.69) is 15.4 Å². The molecule has 0 radical (unpaired) electrons. The zero-order valence-corrected chi connectivity index (χ0v) is 18.0. The number of amides is 2. The lowest BCUT2D eigenvalue weighted by molar-refractivity contribution is -0.141. The van der Waals surface area contributed by atoms with Crippen molar-refractivity contribution in [3.8, 4) is 17.2 Å². The van der Waals surface area contributed by atoms with E-state index in [0.29, 0.717) is 35.4 Å². The average Bonchev–Trinajstić information content (AvgIpc) is 3.37. The standard InChI is InChI=1S/C22H20F3N7O2/c1-12-9-31(19(33)4-5-26)11-16(12)30-20-15(21(27)34)8-29-32-10-14(6-17(20)32)13-2-3-18(28-7-13)22(23,24)25/h2-3,6-8,10,12,16,30H,4,9,11H2,1H3,(H2,27,34)/t12-,16+/m0/s1. The van der Waals surface area contributed by atoms with Crippen LogP contribution in [0, 0.1) is 17.2 Å². The molecule has 0 aromatic carbocycles. The maximum atomic E-state index is 12.8. The normalized spacial score (nSPS) is 18.1. The third-order valence-corrected chi connectivity index (χ3v) is 5.81. The van der Waals surface area contributed by atoms with Gasteiger partial charge < -0.3 is 16.0 Å². The van der Waals surface area contributed by atoms with E-state index < -0.39 is 17.8 Å². The fraction of sp³-hybridized carbons (Fsp3) is 0.318. The number of nitrogens with two attached hydrogens (primary N) is 1. The van der Waals surface area contributed by atoms with Gasteiger partial charge in [-0.15, -0.1) is 0 Å². The number of anilines is 1. The Balaban J connectivity index is 1.69. The van der Waals surface area contributed by atoms with Gasteiger partial charge in [0.15, 0.2) is 0 Å². The van der Waals surface area contributed by atoms with E-state index in [-0.39, 0.29) is 29.9 Å². The summed E-state index contributed by atoms with van der Waals surface area (Å²) in [4.78, 5) is 29.3. The maximum absolute atomic E-state index is 12.8. The van der Waals surface area contributed by atoms with Crippen LogP contribution in [0.3, 0.4) is 0 Å². The molecule has 0 saturated carbocycles. The predicted octanol–water partition coefficient (Wildman–Crippen LogP) is 2.69. The number of nitrogens with one attached hydrogen (secondary N) is 1. The van der Waals surface area contributed by atoms with Crippen LogP contribution in [0.15, 0.2) is 36.8 Å². The highest BCUT2D eigenvalue weighted by molar-refractivity contribution is 6.02. The van der Waals surface area contributed by atoms with Gasteiger partial charge in [-0.3, -0.25) is 14.6 Å². The molecule has 2 amide bonds. The van der Waals surface area contributed by atoms with Crippen molar-refractivity contribution in [1.29, 1.82) is 5.26 Å². The monoisotopic (exact) mass is 471 g/mol. The number of nitrogens with zero attached hydrogens (tertiary/aromatic N) is 5. The summed E-state index contributed by atoms with van der Waals surface area (Å²) in [5.74, 6) is -0.960. The number of aromatic nitrogens is 3. The lowest BCUT2D eigenvalue weighted by Gasteiger charge is -2.20. The van der Waals surface area contributed by atoms with Gasteiger partial charge in [-0.25, -0.2) is 4.52 Å². The quantitative estimate of drug-likeness (QED) is 0.589. The number of hydrogen-bond donors (Lipinski definition) is 2. The SMILES string of the molecule is C[C@H]1CN(C(=O)CC#N)C[C@H]1Nc1c(C(N)=O)cnn2cc(-c3ccc(C(F)(F)F)nc3)cc12. The number of hydrogen-bond acceptors (Lipinski definition) is 6. The first-order valence-electron chi connectivity index (χ1n) is 10.3. The van der Waals surface area contributed by atoms with Crippen LogP contribution in [0.1, 0.15) is 29.4 Å². The first kappa shape index (κ1) is 23.0. The molecule has 2 atom stereocenters. The number of rotatable bonds is 5. The van der Waals surface area contributed by atoms with Gasteiger partial charge in [-0.2, -0.15) is 23.5 Å². The molecule has 0 aliphatic carbocycles. The number of carbonyl (C=O) groups excluding carboxylic acids is 2. The Bertz CT molecular complexity index is 1290. The maximum Gasteiger partial charge on any atom is 0.433 e. The Morgan fingerprint density at radius 2 is 2.03 bits per heavy atom. The highest BCUT2D eigenvalue weighted by Gasteiger charge is 2.34. The number of carbonyl (C=O) groups is 2. The molecular weight excluding hydrogens is 451 g/mol. The van der Waals surface area contributed by atoms with Gasteiger partial charge in [-0.05, 0) is 18.1 Å². The molecule has 0 unspecified atom stereocenters. The van der Waals surface area contributed by atoms with Crippen molar-refractivity contribution < 1.29 is 22.8 Å². The van der Waals surface area contributed by atoms with Gasteiger partial charge >= 0.3 is 6.18 Å². The summed E-state index contributed by atoms with van der Waals surface area (Å²) >= 11 is 0. The van der Waals surface area contributed by atoms with Gasteiger partial charge in [0.2, 0.25) is 5.91 Å². The number of primary amides is 1. The van der Waals surface area contributed by atoms with Gasteiger partial charge in [0.1, 0.15) is 12.1 Å². The molecule has 4 heterocycles. The zero-order chi connectivity index (χ0) is 24.6. The summed E-state index contributed by atoms with van der Waals surface area (Å²) < 4.78 is 40.0. The second-order valence-electron chi connectivity index (χ2n) is 8.15. The Kier molecular flexibility index (Phi) is 5.87. The number of alkyl halides is 3. The molecule has 176 valence electrons. The van der Waals surface area contributed by atoms with Crippen LogP contribution in [0.25, 0.3) is 16.6 Å².